The summed E-state index contributed by atoms with van der Waals surface area (Å²) in [6.45, 7) is 4.70. The molecule has 10 heteroatoms. The van der Waals surface area contributed by atoms with Crippen LogP contribution in [0.5, 0.6) is 0 Å². The van der Waals surface area contributed by atoms with Crippen molar-refractivity contribution in [2.45, 2.75) is 25.8 Å². The van der Waals surface area contributed by atoms with Crippen molar-refractivity contribution in [2.75, 3.05) is 42.6 Å². The highest BCUT2D eigenvalue weighted by atomic mass is 35.5. The van der Waals surface area contributed by atoms with E-state index in [4.69, 9.17) is 11.6 Å². The number of halogens is 1. The van der Waals surface area contributed by atoms with Crippen molar-refractivity contribution in [3.05, 3.63) is 59.5 Å². The van der Waals surface area contributed by atoms with Crippen LogP contribution in [-0.4, -0.2) is 58.5 Å². The number of hydrogen-bond donors (Lipinski definition) is 4. The number of allylic oxidation sites excluding steroid dienone is 1. The lowest BCUT2D eigenvalue weighted by Crippen LogP contribution is -2.45. The van der Waals surface area contributed by atoms with Crippen molar-refractivity contribution in [2.24, 2.45) is 0 Å². The van der Waals surface area contributed by atoms with Gasteiger partial charge in [-0.2, -0.15) is 4.98 Å². The molecule has 1 saturated heterocycles. The van der Waals surface area contributed by atoms with Gasteiger partial charge in [-0.1, -0.05) is 23.7 Å². The van der Waals surface area contributed by atoms with Gasteiger partial charge in [0.1, 0.15) is 5.02 Å². The van der Waals surface area contributed by atoms with Crippen molar-refractivity contribution in [1.82, 2.24) is 25.3 Å². The average molecular weight is 469 g/mol. The first-order valence-electron chi connectivity index (χ1n) is 11.0. The molecule has 0 saturated carbocycles. The number of nitrogens with one attached hydrogen (secondary N) is 4. The summed E-state index contributed by atoms with van der Waals surface area (Å²) in [5, 5.41) is 11.9. The molecule has 33 heavy (non-hydrogen) atoms. The summed E-state index contributed by atoms with van der Waals surface area (Å²) in [6, 6.07) is 7.84. The average Bonchev–Trinajstić information content (AvgIpc) is 3.25. The van der Waals surface area contributed by atoms with Crippen LogP contribution in [0.2, 0.25) is 5.02 Å². The number of hydrogen-bond acceptors (Lipinski definition) is 8. The highest BCUT2D eigenvalue weighted by Gasteiger charge is 2.24. The second kappa shape index (κ2) is 10.7. The lowest BCUT2D eigenvalue weighted by Gasteiger charge is -2.34. The lowest BCUT2D eigenvalue weighted by atomic mass is 10.1. The quantitative estimate of drug-likeness (QED) is 0.458. The number of hydrazine groups is 1. The van der Waals surface area contributed by atoms with Crippen molar-refractivity contribution < 1.29 is 4.79 Å². The Morgan fingerprint density at radius 3 is 2.82 bits per heavy atom. The second-order valence-corrected chi connectivity index (χ2v) is 8.55. The summed E-state index contributed by atoms with van der Waals surface area (Å²) in [7, 11) is 2.16. The van der Waals surface area contributed by atoms with Gasteiger partial charge >= 0.3 is 0 Å². The highest BCUT2D eigenvalue weighted by molar-refractivity contribution is 6.32. The van der Waals surface area contributed by atoms with Crippen LogP contribution in [0.3, 0.4) is 0 Å². The number of nitrogens with zero attached hydrogens (tertiary/aromatic N) is 4. The fraction of sp³-hybridized carbons (Fsp3) is 0.348. The van der Waals surface area contributed by atoms with E-state index in [1.807, 2.05) is 24.3 Å². The Hall–Kier alpha value is -3.14. The van der Waals surface area contributed by atoms with Crippen molar-refractivity contribution >= 4 is 40.6 Å². The fourth-order valence-corrected chi connectivity index (χ4v) is 3.96. The first-order chi connectivity index (χ1) is 16.0. The van der Waals surface area contributed by atoms with E-state index < -0.39 is 0 Å². The Morgan fingerprint density at radius 1 is 1.24 bits per heavy atom. The number of carbonyl (C=O) groups excluding carboxylic acids is 1. The van der Waals surface area contributed by atoms with Crippen LogP contribution in [0.4, 0.5) is 23.1 Å². The van der Waals surface area contributed by atoms with Crippen molar-refractivity contribution in [1.29, 1.82) is 0 Å². The maximum absolute atomic E-state index is 11.8. The first-order valence-corrected chi connectivity index (χ1v) is 11.4. The highest BCUT2D eigenvalue weighted by Crippen LogP contribution is 2.26. The van der Waals surface area contributed by atoms with Crippen LogP contribution in [0.25, 0.3) is 0 Å². The predicted molar refractivity (Wildman–Crippen MR) is 132 cm³/mol. The Morgan fingerprint density at radius 2 is 2.03 bits per heavy atom. The standard InChI is InChI=1S/C23H29ClN8O/c1-3-5-21(33)27-16-6-4-7-17(12-16)28-22-20(24)14-25-23(30-22)29-18-13-26-32(15-18)19-8-10-31(2)11-9-19/h3-7,12,14-15,19,26H,8-11,13H2,1-2H3,(H,27,33)(H2,25,28,29,30)/b5-3+. The molecule has 4 N–H and O–H groups in total. The van der Waals surface area contributed by atoms with E-state index >= 15 is 0 Å². The van der Waals surface area contributed by atoms with Crippen LogP contribution in [0.1, 0.15) is 19.8 Å². The summed E-state index contributed by atoms with van der Waals surface area (Å²) in [6.07, 6.45) is 9.08. The molecule has 0 radical (unpaired) electrons. The number of likely N-dealkylation sites (tertiary alicyclic amines) is 1. The Kier molecular flexibility index (Phi) is 7.43. The van der Waals surface area contributed by atoms with Crippen molar-refractivity contribution in [3.8, 4) is 0 Å². The Labute approximate surface area is 198 Å². The van der Waals surface area contributed by atoms with Crippen LogP contribution >= 0.6 is 11.6 Å². The Balaban J connectivity index is 1.41. The third-order valence-corrected chi connectivity index (χ3v) is 5.83. The molecule has 174 valence electrons. The summed E-state index contributed by atoms with van der Waals surface area (Å²) < 4.78 is 0. The van der Waals surface area contributed by atoms with Gasteiger partial charge in [-0.25, -0.2) is 10.4 Å². The monoisotopic (exact) mass is 468 g/mol. The molecule has 9 nitrogen and oxygen atoms in total. The van der Waals surface area contributed by atoms with E-state index in [1.165, 1.54) is 6.08 Å². The third kappa shape index (κ3) is 6.22. The topological polar surface area (TPSA) is 97.4 Å². The van der Waals surface area contributed by atoms with Gasteiger partial charge in [0.15, 0.2) is 5.82 Å². The zero-order chi connectivity index (χ0) is 23.2. The van der Waals surface area contributed by atoms with Gasteiger partial charge in [0.05, 0.1) is 18.4 Å². The minimum absolute atomic E-state index is 0.186. The summed E-state index contributed by atoms with van der Waals surface area (Å²) in [4.78, 5) is 23.0. The van der Waals surface area contributed by atoms with E-state index in [0.717, 1.165) is 37.3 Å². The molecule has 0 unspecified atom stereocenters. The molecule has 1 fully saturated rings. The van der Waals surface area contributed by atoms with Crippen LogP contribution in [0.15, 0.2) is 54.5 Å². The van der Waals surface area contributed by atoms with E-state index in [9.17, 15) is 4.79 Å². The van der Waals surface area contributed by atoms with E-state index in [1.54, 1.807) is 19.2 Å². The van der Waals surface area contributed by atoms with Gasteiger partial charge in [-0.05, 0) is 64.2 Å². The number of rotatable bonds is 7. The second-order valence-electron chi connectivity index (χ2n) is 8.14. The molecular formula is C23H29ClN8O. The number of piperidine rings is 1. The molecule has 2 aliphatic heterocycles. The zero-order valence-electron chi connectivity index (χ0n) is 18.8. The predicted octanol–water partition coefficient (Wildman–Crippen LogP) is 3.56. The van der Waals surface area contributed by atoms with Gasteiger partial charge in [0.25, 0.3) is 0 Å². The van der Waals surface area contributed by atoms with Crippen LogP contribution < -0.4 is 21.4 Å². The van der Waals surface area contributed by atoms with E-state index in [2.05, 4.69) is 54.5 Å². The molecule has 0 aliphatic carbocycles. The van der Waals surface area contributed by atoms with E-state index in [-0.39, 0.29) is 5.91 Å². The van der Waals surface area contributed by atoms with Crippen molar-refractivity contribution in [3.63, 3.8) is 0 Å². The van der Waals surface area contributed by atoms with Crippen LogP contribution in [-0.2, 0) is 4.79 Å². The molecule has 1 aromatic heterocycles. The fourth-order valence-electron chi connectivity index (χ4n) is 3.83. The number of anilines is 4. The molecule has 2 aromatic rings. The number of carbonyl (C=O) groups is 1. The van der Waals surface area contributed by atoms with Gasteiger partial charge in [0, 0.05) is 23.6 Å². The van der Waals surface area contributed by atoms with E-state index in [0.29, 0.717) is 35.1 Å². The summed E-state index contributed by atoms with van der Waals surface area (Å²) in [5.41, 5.74) is 5.84. The molecule has 0 spiro atoms. The third-order valence-electron chi connectivity index (χ3n) is 5.56. The molecule has 3 heterocycles. The molecule has 1 aromatic carbocycles. The molecule has 2 aliphatic rings. The largest absolute Gasteiger partial charge is 0.339 e. The SMILES string of the molecule is C/C=C/C(=O)Nc1cccc(Nc2nc(NC3=CN(C4CCN(C)CC4)NC3)ncc2Cl)c1. The zero-order valence-corrected chi connectivity index (χ0v) is 19.6. The molecule has 0 bridgehead atoms. The smallest absolute Gasteiger partial charge is 0.248 e. The van der Waals surface area contributed by atoms with Crippen LogP contribution in [0, 0.1) is 0 Å². The number of benzene rings is 1. The molecule has 1 amide bonds. The number of amides is 1. The Bertz CT molecular complexity index is 1050. The summed E-state index contributed by atoms with van der Waals surface area (Å²) >= 11 is 6.33. The number of aromatic nitrogens is 2. The maximum Gasteiger partial charge on any atom is 0.248 e. The summed E-state index contributed by atoms with van der Waals surface area (Å²) in [5.74, 6) is 0.747. The van der Waals surface area contributed by atoms with Gasteiger partial charge in [0.2, 0.25) is 11.9 Å². The normalized spacial score (nSPS) is 17.3. The molecule has 4 rings (SSSR count). The lowest BCUT2D eigenvalue weighted by molar-refractivity contribution is -0.111. The van der Waals surface area contributed by atoms with Gasteiger partial charge in [-0.15, -0.1) is 0 Å². The van der Waals surface area contributed by atoms with Gasteiger partial charge in [-0.3, -0.25) is 4.79 Å². The molecular weight excluding hydrogens is 440 g/mol. The minimum Gasteiger partial charge on any atom is -0.339 e. The first kappa shape index (κ1) is 23.0. The maximum atomic E-state index is 11.8. The van der Waals surface area contributed by atoms with Gasteiger partial charge < -0.3 is 25.9 Å². The molecule has 0 atom stereocenters. The minimum atomic E-state index is -0.186.